The summed E-state index contributed by atoms with van der Waals surface area (Å²) in [6, 6.07) is 16.5. The summed E-state index contributed by atoms with van der Waals surface area (Å²) in [5, 5.41) is 5.19. The second-order valence-electron chi connectivity index (χ2n) is 6.93. The molecule has 0 aliphatic rings. The van der Waals surface area contributed by atoms with Crippen LogP contribution in [0, 0.1) is 0 Å². The molecule has 0 saturated heterocycles. The molecule has 2 N–H and O–H groups in total. The number of hydrogen-bond acceptors (Lipinski definition) is 5. The van der Waals surface area contributed by atoms with Crippen LogP contribution in [-0.2, 0) is 15.7 Å². The van der Waals surface area contributed by atoms with Crippen LogP contribution >= 0.6 is 0 Å². The molecule has 0 aromatic heterocycles. The van der Waals surface area contributed by atoms with Crippen molar-refractivity contribution < 1.29 is 37.0 Å². The maximum atomic E-state index is 12.8. The van der Waals surface area contributed by atoms with Crippen molar-refractivity contribution in [1.82, 2.24) is 0 Å². The van der Waals surface area contributed by atoms with Gasteiger partial charge in [-0.25, -0.2) is 4.79 Å². The zero-order valence-corrected chi connectivity index (χ0v) is 17.8. The van der Waals surface area contributed by atoms with Gasteiger partial charge in [0.05, 0.1) is 23.9 Å². The number of hydrogen-bond donors (Lipinski definition) is 2. The molecular weight excluding hydrogens is 453 g/mol. The Morgan fingerprint density at radius 3 is 2.24 bits per heavy atom. The zero-order valence-electron chi connectivity index (χ0n) is 17.8. The van der Waals surface area contributed by atoms with Crippen LogP contribution in [0.5, 0.6) is 5.75 Å². The average molecular weight is 472 g/mol. The van der Waals surface area contributed by atoms with E-state index in [1.54, 1.807) is 24.3 Å². The first-order valence-corrected chi connectivity index (χ1v) is 9.86. The first-order valence-electron chi connectivity index (χ1n) is 9.86. The number of ether oxygens (including phenoxy) is 2. The second kappa shape index (κ2) is 10.5. The number of para-hydroxylation sites is 2. The Hall–Kier alpha value is -4.34. The summed E-state index contributed by atoms with van der Waals surface area (Å²) in [5.74, 6) is -1.66. The van der Waals surface area contributed by atoms with Crippen molar-refractivity contribution in [3.05, 3.63) is 89.5 Å². The fourth-order valence-corrected chi connectivity index (χ4v) is 2.88. The molecule has 34 heavy (non-hydrogen) atoms. The standard InChI is InChI=1S/C24H19F3N2O5/c1-33-20-8-3-2-7-19(20)29-22(31)15-9-11-18(12-10-15)28-21(30)14-34-23(32)16-5-4-6-17(13-16)24(25,26)27/h2-13H,14H2,1H3,(H,28,30)(H,29,31). The van der Waals surface area contributed by atoms with Crippen LogP contribution in [0.3, 0.4) is 0 Å². The zero-order chi connectivity index (χ0) is 24.7. The summed E-state index contributed by atoms with van der Waals surface area (Å²) >= 11 is 0. The predicted octanol–water partition coefficient (Wildman–Crippen LogP) is 4.76. The Morgan fingerprint density at radius 2 is 1.56 bits per heavy atom. The van der Waals surface area contributed by atoms with Crippen molar-refractivity contribution in [3.8, 4) is 5.75 Å². The molecule has 0 saturated carbocycles. The summed E-state index contributed by atoms with van der Waals surface area (Å²) in [4.78, 5) is 36.4. The largest absolute Gasteiger partial charge is 0.495 e. The Bertz CT molecular complexity index is 1190. The van der Waals surface area contributed by atoms with Crippen molar-refractivity contribution in [3.63, 3.8) is 0 Å². The van der Waals surface area contributed by atoms with Gasteiger partial charge in [-0.2, -0.15) is 13.2 Å². The highest BCUT2D eigenvalue weighted by atomic mass is 19.4. The summed E-state index contributed by atoms with van der Waals surface area (Å²) in [5.41, 5.74) is -0.182. The minimum Gasteiger partial charge on any atom is -0.495 e. The van der Waals surface area contributed by atoms with E-state index in [1.807, 2.05) is 0 Å². The topological polar surface area (TPSA) is 93.7 Å². The summed E-state index contributed by atoms with van der Waals surface area (Å²) in [6.45, 7) is -0.703. The Balaban J connectivity index is 1.54. The number of benzene rings is 3. The fraction of sp³-hybridized carbons (Fsp3) is 0.125. The summed E-state index contributed by atoms with van der Waals surface area (Å²) in [7, 11) is 1.49. The molecule has 10 heteroatoms. The third-order valence-electron chi connectivity index (χ3n) is 4.55. The molecule has 0 spiro atoms. The van der Waals surface area contributed by atoms with Gasteiger partial charge in [0.25, 0.3) is 11.8 Å². The number of anilines is 2. The third-order valence-corrected chi connectivity index (χ3v) is 4.55. The van der Waals surface area contributed by atoms with Crippen LogP contribution in [0.2, 0.25) is 0 Å². The molecule has 0 heterocycles. The molecule has 0 unspecified atom stereocenters. The Morgan fingerprint density at radius 1 is 0.853 bits per heavy atom. The monoisotopic (exact) mass is 472 g/mol. The number of amides is 2. The van der Waals surface area contributed by atoms with Crippen molar-refractivity contribution in [2.45, 2.75) is 6.18 Å². The number of carbonyl (C=O) groups excluding carboxylic acids is 3. The van der Waals surface area contributed by atoms with E-state index in [0.717, 1.165) is 18.2 Å². The molecule has 0 aliphatic heterocycles. The normalized spacial score (nSPS) is 10.8. The minimum atomic E-state index is -4.61. The van der Waals surface area contributed by atoms with Crippen molar-refractivity contribution >= 4 is 29.2 Å². The van der Waals surface area contributed by atoms with Crippen molar-refractivity contribution in [1.29, 1.82) is 0 Å². The van der Waals surface area contributed by atoms with Crippen LogP contribution in [0.1, 0.15) is 26.3 Å². The number of rotatable bonds is 7. The predicted molar refractivity (Wildman–Crippen MR) is 118 cm³/mol. The molecule has 0 aliphatic carbocycles. The van der Waals surface area contributed by atoms with E-state index in [4.69, 9.17) is 9.47 Å². The Kier molecular flexibility index (Phi) is 7.52. The van der Waals surface area contributed by atoms with Gasteiger partial charge in [-0.3, -0.25) is 9.59 Å². The molecular formula is C24H19F3N2O5. The van der Waals surface area contributed by atoms with Gasteiger partial charge in [0, 0.05) is 11.3 Å². The highest BCUT2D eigenvalue weighted by molar-refractivity contribution is 6.05. The number of methoxy groups -OCH3 is 1. The lowest BCUT2D eigenvalue weighted by Gasteiger charge is -2.11. The van der Waals surface area contributed by atoms with Gasteiger partial charge in [-0.05, 0) is 54.6 Å². The lowest BCUT2D eigenvalue weighted by molar-refractivity contribution is -0.137. The Labute approximate surface area is 192 Å². The van der Waals surface area contributed by atoms with E-state index >= 15 is 0 Å². The molecule has 0 bridgehead atoms. The van der Waals surface area contributed by atoms with Gasteiger partial charge in [-0.1, -0.05) is 18.2 Å². The van der Waals surface area contributed by atoms with Gasteiger partial charge in [0.2, 0.25) is 0 Å². The van der Waals surface area contributed by atoms with Crippen molar-refractivity contribution in [2.75, 3.05) is 24.4 Å². The lowest BCUT2D eigenvalue weighted by Crippen LogP contribution is -2.21. The van der Waals surface area contributed by atoms with Crippen LogP contribution in [0.4, 0.5) is 24.5 Å². The first kappa shape index (κ1) is 24.3. The van der Waals surface area contributed by atoms with Crippen LogP contribution < -0.4 is 15.4 Å². The van der Waals surface area contributed by atoms with Gasteiger partial charge in [-0.15, -0.1) is 0 Å². The molecule has 0 atom stereocenters. The number of halogens is 3. The molecule has 3 aromatic rings. The van der Waals surface area contributed by atoms with Gasteiger partial charge >= 0.3 is 12.1 Å². The maximum absolute atomic E-state index is 12.8. The average Bonchev–Trinajstić information content (AvgIpc) is 2.83. The first-order chi connectivity index (χ1) is 16.2. The number of alkyl halides is 3. The minimum absolute atomic E-state index is 0.319. The molecule has 3 aromatic carbocycles. The molecule has 7 nitrogen and oxygen atoms in total. The summed E-state index contributed by atoms with van der Waals surface area (Å²) in [6.07, 6.45) is -4.61. The third kappa shape index (κ3) is 6.35. The SMILES string of the molecule is COc1ccccc1NC(=O)c1ccc(NC(=O)COC(=O)c2cccc(C(F)(F)F)c2)cc1. The highest BCUT2D eigenvalue weighted by Crippen LogP contribution is 2.29. The molecule has 0 radical (unpaired) electrons. The smallest absolute Gasteiger partial charge is 0.416 e. The summed E-state index contributed by atoms with van der Waals surface area (Å²) < 4.78 is 48.3. The highest BCUT2D eigenvalue weighted by Gasteiger charge is 2.31. The van der Waals surface area contributed by atoms with E-state index in [9.17, 15) is 27.6 Å². The number of carbonyl (C=O) groups is 3. The van der Waals surface area contributed by atoms with Crippen LogP contribution in [-0.4, -0.2) is 31.5 Å². The van der Waals surface area contributed by atoms with Gasteiger partial charge in [0.15, 0.2) is 6.61 Å². The van der Waals surface area contributed by atoms with E-state index in [1.165, 1.54) is 31.4 Å². The quantitative estimate of drug-likeness (QED) is 0.484. The van der Waals surface area contributed by atoms with Crippen LogP contribution in [0.15, 0.2) is 72.8 Å². The molecule has 3 rings (SSSR count). The van der Waals surface area contributed by atoms with E-state index < -0.39 is 36.1 Å². The molecule has 0 fully saturated rings. The maximum Gasteiger partial charge on any atom is 0.416 e. The van der Waals surface area contributed by atoms with Crippen molar-refractivity contribution in [2.24, 2.45) is 0 Å². The lowest BCUT2D eigenvalue weighted by atomic mass is 10.1. The number of nitrogens with one attached hydrogen (secondary N) is 2. The van der Waals surface area contributed by atoms with Crippen LogP contribution in [0.25, 0.3) is 0 Å². The van der Waals surface area contributed by atoms with Gasteiger partial charge < -0.3 is 20.1 Å². The van der Waals surface area contributed by atoms with E-state index in [0.29, 0.717) is 28.8 Å². The second-order valence-corrected chi connectivity index (χ2v) is 6.93. The van der Waals surface area contributed by atoms with E-state index in [2.05, 4.69) is 10.6 Å². The van der Waals surface area contributed by atoms with Gasteiger partial charge in [0.1, 0.15) is 5.75 Å². The number of esters is 1. The van der Waals surface area contributed by atoms with E-state index in [-0.39, 0.29) is 5.56 Å². The molecule has 2 amide bonds. The fourth-order valence-electron chi connectivity index (χ4n) is 2.88. The molecule has 176 valence electrons.